The summed E-state index contributed by atoms with van der Waals surface area (Å²) in [6.45, 7) is 6.35. The third-order valence-corrected chi connectivity index (χ3v) is 1.78. The zero-order valence-electron chi connectivity index (χ0n) is 7.35. The molecule has 0 fully saturated rings. The Hall–Kier alpha value is -0.300. The Bertz CT molecular complexity index is 103. The minimum atomic E-state index is 0.349. The molecule has 0 heterocycles. The average Bonchev–Trinajstić information content (AvgIpc) is 1.90. The normalized spacial score (nSPS) is 15.4. The summed E-state index contributed by atoms with van der Waals surface area (Å²) < 4.78 is 0. The van der Waals surface area contributed by atoms with Crippen LogP contribution in [0.25, 0.3) is 0 Å². The fourth-order valence-electron chi connectivity index (χ4n) is 0.938. The van der Waals surface area contributed by atoms with Crippen LogP contribution >= 0.6 is 0 Å². The van der Waals surface area contributed by atoms with Gasteiger partial charge in [0.05, 0.1) is 0 Å². The Morgan fingerprint density at radius 2 is 2.20 bits per heavy atom. The van der Waals surface area contributed by atoms with E-state index in [1.165, 1.54) is 18.4 Å². The highest BCUT2D eigenvalue weighted by Crippen LogP contribution is 2.09. The monoisotopic (exact) mass is 141 g/mol. The summed E-state index contributed by atoms with van der Waals surface area (Å²) in [4.78, 5) is 0. The largest absolute Gasteiger partial charge is 0.328 e. The summed E-state index contributed by atoms with van der Waals surface area (Å²) in [5, 5.41) is 0. The molecule has 2 N–H and O–H groups in total. The first-order valence-corrected chi connectivity index (χ1v) is 4.10. The molecule has 0 aromatic heterocycles. The summed E-state index contributed by atoms with van der Waals surface area (Å²) in [5.41, 5.74) is 7.15. The average molecular weight is 141 g/mol. The minimum Gasteiger partial charge on any atom is -0.328 e. The molecule has 1 unspecified atom stereocenters. The third kappa shape index (κ3) is 4.57. The van der Waals surface area contributed by atoms with Crippen LogP contribution in [-0.2, 0) is 0 Å². The van der Waals surface area contributed by atoms with Gasteiger partial charge in [0.2, 0.25) is 0 Å². The first-order chi connectivity index (χ1) is 4.70. The van der Waals surface area contributed by atoms with E-state index in [2.05, 4.69) is 26.8 Å². The molecule has 0 spiro atoms. The van der Waals surface area contributed by atoms with Gasteiger partial charge in [-0.1, -0.05) is 18.6 Å². The highest BCUT2D eigenvalue weighted by molar-refractivity contribution is 4.99. The van der Waals surface area contributed by atoms with Gasteiger partial charge in [0.15, 0.2) is 0 Å². The van der Waals surface area contributed by atoms with Crippen molar-refractivity contribution in [3.05, 3.63) is 11.6 Å². The van der Waals surface area contributed by atoms with E-state index in [1.807, 2.05) is 0 Å². The highest BCUT2D eigenvalue weighted by atomic mass is 14.6. The van der Waals surface area contributed by atoms with Gasteiger partial charge in [-0.15, -0.1) is 0 Å². The fraction of sp³-hybridized carbons (Fsp3) is 0.778. The van der Waals surface area contributed by atoms with Crippen molar-refractivity contribution in [3.8, 4) is 0 Å². The van der Waals surface area contributed by atoms with E-state index < -0.39 is 0 Å². The summed E-state index contributed by atoms with van der Waals surface area (Å²) in [5.74, 6) is 0. The van der Waals surface area contributed by atoms with E-state index in [9.17, 15) is 0 Å². The van der Waals surface area contributed by atoms with Crippen LogP contribution < -0.4 is 5.73 Å². The second-order valence-electron chi connectivity index (χ2n) is 2.82. The van der Waals surface area contributed by atoms with Crippen molar-refractivity contribution in [2.45, 2.75) is 46.1 Å². The van der Waals surface area contributed by atoms with Gasteiger partial charge in [-0.3, -0.25) is 0 Å². The molecular weight excluding hydrogens is 122 g/mol. The van der Waals surface area contributed by atoms with Crippen LogP contribution in [0.2, 0.25) is 0 Å². The maximum Gasteiger partial charge on any atom is 0.00135 e. The lowest BCUT2D eigenvalue weighted by atomic mass is 10.0. The van der Waals surface area contributed by atoms with Crippen LogP contribution in [0.1, 0.15) is 40.0 Å². The lowest BCUT2D eigenvalue weighted by molar-refractivity contribution is 0.654. The van der Waals surface area contributed by atoms with Crippen molar-refractivity contribution in [1.29, 1.82) is 0 Å². The molecule has 1 nitrogen and oxygen atoms in total. The molecule has 0 radical (unpaired) electrons. The maximum atomic E-state index is 5.62. The lowest BCUT2D eigenvalue weighted by Gasteiger charge is -2.05. The Labute approximate surface area is 64.3 Å². The van der Waals surface area contributed by atoms with Crippen molar-refractivity contribution in [3.63, 3.8) is 0 Å². The van der Waals surface area contributed by atoms with Crippen molar-refractivity contribution in [2.24, 2.45) is 5.73 Å². The predicted molar refractivity (Wildman–Crippen MR) is 46.9 cm³/mol. The summed E-state index contributed by atoms with van der Waals surface area (Å²) in [6.07, 6.45) is 5.66. The highest BCUT2D eigenvalue weighted by Gasteiger charge is 1.96. The van der Waals surface area contributed by atoms with E-state index in [-0.39, 0.29) is 0 Å². The van der Waals surface area contributed by atoms with E-state index in [0.29, 0.717) is 6.04 Å². The fourth-order valence-corrected chi connectivity index (χ4v) is 0.938. The van der Waals surface area contributed by atoms with Crippen molar-refractivity contribution >= 4 is 0 Å². The number of nitrogens with two attached hydrogens (primary N) is 1. The molecule has 0 aliphatic rings. The molecule has 0 bridgehead atoms. The molecule has 0 amide bonds. The van der Waals surface area contributed by atoms with Gasteiger partial charge in [-0.05, 0) is 33.1 Å². The molecule has 10 heavy (non-hydrogen) atoms. The molecule has 60 valence electrons. The molecule has 0 aromatic carbocycles. The maximum absolute atomic E-state index is 5.62. The van der Waals surface area contributed by atoms with E-state index in [1.54, 1.807) is 0 Å². The SMILES string of the molecule is C/C=C(\CC)CCC(C)N. The van der Waals surface area contributed by atoms with Crippen LogP contribution in [-0.4, -0.2) is 6.04 Å². The molecule has 0 aliphatic heterocycles. The van der Waals surface area contributed by atoms with Crippen LogP contribution in [0, 0.1) is 0 Å². The summed E-state index contributed by atoms with van der Waals surface area (Å²) >= 11 is 0. The number of allylic oxidation sites excluding steroid dienone is 2. The van der Waals surface area contributed by atoms with Crippen molar-refractivity contribution in [1.82, 2.24) is 0 Å². The first-order valence-electron chi connectivity index (χ1n) is 4.10. The Morgan fingerprint density at radius 1 is 1.60 bits per heavy atom. The summed E-state index contributed by atoms with van der Waals surface area (Å²) in [7, 11) is 0. The molecule has 0 saturated carbocycles. The van der Waals surface area contributed by atoms with Crippen molar-refractivity contribution < 1.29 is 0 Å². The van der Waals surface area contributed by atoms with Crippen LogP contribution in [0.4, 0.5) is 0 Å². The molecular formula is C9H19N. The van der Waals surface area contributed by atoms with Gasteiger partial charge in [0.25, 0.3) is 0 Å². The van der Waals surface area contributed by atoms with E-state index >= 15 is 0 Å². The van der Waals surface area contributed by atoms with Gasteiger partial charge in [0.1, 0.15) is 0 Å². The van der Waals surface area contributed by atoms with Crippen LogP contribution in [0.5, 0.6) is 0 Å². The zero-order chi connectivity index (χ0) is 7.98. The molecule has 0 saturated heterocycles. The Kier molecular flexibility index (Phi) is 5.32. The van der Waals surface area contributed by atoms with Gasteiger partial charge < -0.3 is 5.73 Å². The standard InChI is InChI=1S/C9H19N/c1-4-9(5-2)7-6-8(3)10/h4,8H,5-7,10H2,1-3H3/b9-4+. The van der Waals surface area contributed by atoms with Crippen molar-refractivity contribution in [2.75, 3.05) is 0 Å². The molecule has 0 rings (SSSR count). The second-order valence-corrected chi connectivity index (χ2v) is 2.82. The number of hydrogen-bond acceptors (Lipinski definition) is 1. The minimum absolute atomic E-state index is 0.349. The van der Waals surface area contributed by atoms with Crippen LogP contribution in [0.15, 0.2) is 11.6 Å². The van der Waals surface area contributed by atoms with Gasteiger partial charge in [-0.2, -0.15) is 0 Å². The molecule has 0 aromatic rings. The first kappa shape index (κ1) is 9.70. The van der Waals surface area contributed by atoms with Crippen LogP contribution in [0.3, 0.4) is 0 Å². The summed E-state index contributed by atoms with van der Waals surface area (Å²) in [6, 6.07) is 0.349. The quantitative estimate of drug-likeness (QED) is 0.598. The number of rotatable bonds is 4. The molecule has 1 atom stereocenters. The topological polar surface area (TPSA) is 26.0 Å². The molecule has 0 aliphatic carbocycles. The lowest BCUT2D eigenvalue weighted by Crippen LogP contribution is -2.14. The zero-order valence-corrected chi connectivity index (χ0v) is 7.35. The number of hydrogen-bond donors (Lipinski definition) is 1. The smallest absolute Gasteiger partial charge is 0.00135 e. The Balaban J connectivity index is 3.46. The van der Waals surface area contributed by atoms with E-state index in [0.717, 1.165) is 6.42 Å². The van der Waals surface area contributed by atoms with Gasteiger partial charge in [-0.25, -0.2) is 0 Å². The second kappa shape index (κ2) is 5.48. The van der Waals surface area contributed by atoms with Gasteiger partial charge in [0, 0.05) is 6.04 Å². The van der Waals surface area contributed by atoms with E-state index in [4.69, 9.17) is 5.73 Å². The Morgan fingerprint density at radius 3 is 2.50 bits per heavy atom. The predicted octanol–water partition coefficient (Wildman–Crippen LogP) is 2.47. The third-order valence-electron chi connectivity index (χ3n) is 1.78. The van der Waals surface area contributed by atoms with Gasteiger partial charge >= 0.3 is 0 Å². The molecule has 1 heteroatoms.